The van der Waals surface area contributed by atoms with Gasteiger partial charge in [-0.25, -0.2) is 0 Å². The lowest BCUT2D eigenvalue weighted by Gasteiger charge is -2.06. The zero-order valence-corrected chi connectivity index (χ0v) is 8.36. The first-order chi connectivity index (χ1) is 4.72. The molecule has 0 aromatic carbocycles. The molecule has 1 unspecified atom stereocenters. The van der Waals surface area contributed by atoms with E-state index in [1.54, 1.807) is 0 Å². The second-order valence-electron chi connectivity index (χ2n) is 2.34. The highest BCUT2D eigenvalue weighted by atomic mass is 14.0. The lowest BCUT2D eigenvalue weighted by molar-refractivity contribution is 0.654. The maximum Gasteiger partial charge on any atom is -0.0237 e. The van der Waals surface area contributed by atoms with Crippen LogP contribution in [0.15, 0.2) is 11.6 Å². The Labute approximate surface area is 66.3 Å². The summed E-state index contributed by atoms with van der Waals surface area (Å²) in [5, 5.41) is 0. The van der Waals surface area contributed by atoms with E-state index in [0.29, 0.717) is 0 Å². The monoisotopic (exact) mass is 142 g/mol. The Bertz CT molecular complexity index is 80.0. The summed E-state index contributed by atoms with van der Waals surface area (Å²) in [7, 11) is 0. The van der Waals surface area contributed by atoms with E-state index >= 15 is 0 Å². The van der Waals surface area contributed by atoms with Crippen LogP contribution in [0.25, 0.3) is 0 Å². The molecular formula is C10H22. The molecule has 0 heteroatoms. The molecule has 0 aliphatic heterocycles. The topological polar surface area (TPSA) is 0 Å². The van der Waals surface area contributed by atoms with Crippen LogP contribution in [0.1, 0.15) is 48.0 Å². The van der Waals surface area contributed by atoms with Gasteiger partial charge in [-0.2, -0.15) is 0 Å². The van der Waals surface area contributed by atoms with Gasteiger partial charge < -0.3 is 0 Å². The summed E-state index contributed by atoms with van der Waals surface area (Å²) in [6.07, 6.45) is 3.45. The summed E-state index contributed by atoms with van der Waals surface area (Å²) in [5.41, 5.74) is 1.51. The average molecular weight is 142 g/mol. The highest BCUT2D eigenvalue weighted by molar-refractivity contribution is 4.99. The Morgan fingerprint density at radius 3 is 1.90 bits per heavy atom. The largest absolute Gasteiger partial charge is 0.0885 e. The van der Waals surface area contributed by atoms with Crippen LogP contribution in [0.5, 0.6) is 0 Å². The molecule has 62 valence electrons. The summed E-state index contributed by atoms with van der Waals surface area (Å²) in [4.78, 5) is 0. The van der Waals surface area contributed by atoms with E-state index in [1.807, 2.05) is 13.8 Å². The van der Waals surface area contributed by atoms with Crippen molar-refractivity contribution in [2.45, 2.75) is 48.0 Å². The standard InChI is InChI=1S/C8H16.C2H6/c1-5-7(3)8(4)6-2;1-2/h5,8H,6H2,1-4H3;1-2H3/b7-5+;. The molecule has 0 aliphatic rings. The van der Waals surface area contributed by atoms with Crippen LogP contribution in [0.2, 0.25) is 0 Å². The van der Waals surface area contributed by atoms with Crippen molar-refractivity contribution in [3.8, 4) is 0 Å². The molecule has 10 heavy (non-hydrogen) atoms. The molecule has 0 fully saturated rings. The molecule has 0 nitrogen and oxygen atoms in total. The lowest BCUT2D eigenvalue weighted by Crippen LogP contribution is -1.91. The first kappa shape index (κ1) is 12.4. The van der Waals surface area contributed by atoms with Gasteiger partial charge in [0.1, 0.15) is 0 Å². The van der Waals surface area contributed by atoms with Gasteiger partial charge in [0.15, 0.2) is 0 Å². The van der Waals surface area contributed by atoms with Gasteiger partial charge in [-0.15, -0.1) is 0 Å². The predicted molar refractivity (Wildman–Crippen MR) is 50.2 cm³/mol. The van der Waals surface area contributed by atoms with Crippen molar-refractivity contribution >= 4 is 0 Å². The molecule has 0 aromatic heterocycles. The highest BCUT2D eigenvalue weighted by Crippen LogP contribution is 2.11. The number of rotatable bonds is 2. The maximum absolute atomic E-state index is 2.26. The summed E-state index contributed by atoms with van der Waals surface area (Å²) in [5.74, 6) is 0.778. The Morgan fingerprint density at radius 2 is 1.80 bits per heavy atom. The van der Waals surface area contributed by atoms with Gasteiger partial charge in [0.25, 0.3) is 0 Å². The molecule has 0 amide bonds. The SMILES string of the molecule is C/C=C(\C)C(C)CC.CC. The van der Waals surface area contributed by atoms with Crippen molar-refractivity contribution < 1.29 is 0 Å². The van der Waals surface area contributed by atoms with Gasteiger partial charge >= 0.3 is 0 Å². The Morgan fingerprint density at radius 1 is 1.40 bits per heavy atom. The second kappa shape index (κ2) is 8.74. The molecule has 0 aliphatic carbocycles. The molecule has 1 atom stereocenters. The van der Waals surface area contributed by atoms with Crippen LogP contribution in [-0.4, -0.2) is 0 Å². The number of allylic oxidation sites excluding steroid dienone is 2. The third-order valence-corrected chi connectivity index (χ3v) is 1.85. The normalized spacial score (nSPS) is 13.6. The van der Waals surface area contributed by atoms with Crippen LogP contribution >= 0.6 is 0 Å². The molecule has 0 spiro atoms. The van der Waals surface area contributed by atoms with Crippen molar-refractivity contribution in [1.29, 1.82) is 0 Å². The van der Waals surface area contributed by atoms with Crippen molar-refractivity contribution in [2.24, 2.45) is 5.92 Å². The minimum absolute atomic E-state index is 0.778. The smallest absolute Gasteiger partial charge is 0.0237 e. The Hall–Kier alpha value is -0.260. The zero-order valence-electron chi connectivity index (χ0n) is 8.36. The molecule has 0 radical (unpaired) electrons. The molecule has 0 saturated carbocycles. The number of hydrogen-bond acceptors (Lipinski definition) is 0. The van der Waals surface area contributed by atoms with E-state index in [1.165, 1.54) is 12.0 Å². The Balaban J connectivity index is 0. The van der Waals surface area contributed by atoms with E-state index in [0.717, 1.165) is 5.92 Å². The molecule has 0 heterocycles. The molecule has 0 rings (SSSR count). The van der Waals surface area contributed by atoms with Gasteiger partial charge in [-0.05, 0) is 26.2 Å². The lowest BCUT2D eigenvalue weighted by atomic mass is 10.0. The zero-order chi connectivity index (χ0) is 8.57. The number of hydrogen-bond donors (Lipinski definition) is 0. The minimum atomic E-state index is 0.778. The molecule has 0 saturated heterocycles. The van der Waals surface area contributed by atoms with Crippen LogP contribution in [0, 0.1) is 5.92 Å². The van der Waals surface area contributed by atoms with E-state index < -0.39 is 0 Å². The molecular weight excluding hydrogens is 120 g/mol. The maximum atomic E-state index is 2.26. The van der Waals surface area contributed by atoms with Gasteiger partial charge in [0, 0.05) is 0 Å². The van der Waals surface area contributed by atoms with Crippen LogP contribution < -0.4 is 0 Å². The van der Waals surface area contributed by atoms with Gasteiger partial charge in [0.05, 0.1) is 0 Å². The van der Waals surface area contributed by atoms with E-state index in [4.69, 9.17) is 0 Å². The first-order valence-corrected chi connectivity index (χ1v) is 4.35. The van der Waals surface area contributed by atoms with Crippen molar-refractivity contribution in [3.05, 3.63) is 11.6 Å². The predicted octanol–water partition coefficient (Wildman–Crippen LogP) is 4.02. The summed E-state index contributed by atoms with van der Waals surface area (Å²) in [6, 6.07) is 0. The average Bonchev–Trinajstić information content (AvgIpc) is 2.05. The van der Waals surface area contributed by atoms with Crippen molar-refractivity contribution in [3.63, 3.8) is 0 Å². The fourth-order valence-corrected chi connectivity index (χ4v) is 0.606. The molecule has 0 N–H and O–H groups in total. The van der Waals surface area contributed by atoms with Crippen LogP contribution in [-0.2, 0) is 0 Å². The van der Waals surface area contributed by atoms with E-state index in [2.05, 4.69) is 33.8 Å². The van der Waals surface area contributed by atoms with Crippen LogP contribution in [0.3, 0.4) is 0 Å². The fraction of sp³-hybridized carbons (Fsp3) is 0.800. The third kappa shape index (κ3) is 5.87. The fourth-order valence-electron chi connectivity index (χ4n) is 0.606. The molecule has 0 aromatic rings. The summed E-state index contributed by atoms with van der Waals surface area (Å²) >= 11 is 0. The Kier molecular flexibility index (Phi) is 10.9. The highest BCUT2D eigenvalue weighted by Gasteiger charge is 1.96. The van der Waals surface area contributed by atoms with E-state index in [9.17, 15) is 0 Å². The summed E-state index contributed by atoms with van der Waals surface area (Å²) < 4.78 is 0. The van der Waals surface area contributed by atoms with Crippen molar-refractivity contribution in [1.82, 2.24) is 0 Å². The summed E-state index contributed by atoms with van der Waals surface area (Å²) in [6.45, 7) is 12.8. The quantitative estimate of drug-likeness (QED) is 0.511. The van der Waals surface area contributed by atoms with Crippen LogP contribution in [0.4, 0.5) is 0 Å². The minimum Gasteiger partial charge on any atom is -0.0885 e. The van der Waals surface area contributed by atoms with Crippen molar-refractivity contribution in [2.75, 3.05) is 0 Å². The van der Waals surface area contributed by atoms with Gasteiger partial charge in [-0.3, -0.25) is 0 Å². The van der Waals surface area contributed by atoms with Gasteiger partial charge in [0.2, 0.25) is 0 Å². The van der Waals surface area contributed by atoms with E-state index in [-0.39, 0.29) is 0 Å². The molecule has 0 bridgehead atoms. The van der Waals surface area contributed by atoms with Gasteiger partial charge in [-0.1, -0.05) is 39.3 Å². The second-order valence-corrected chi connectivity index (χ2v) is 2.34. The first-order valence-electron chi connectivity index (χ1n) is 4.35. The third-order valence-electron chi connectivity index (χ3n) is 1.85.